The summed E-state index contributed by atoms with van der Waals surface area (Å²) in [5, 5.41) is 8.50. The molecule has 0 aliphatic carbocycles. The second-order valence-electron chi connectivity index (χ2n) is 1.23. The first-order valence-electron chi connectivity index (χ1n) is 1.87. The molecule has 0 rings (SSSR count). The van der Waals surface area contributed by atoms with Crippen molar-refractivity contribution in [3.8, 4) is 0 Å². The Bertz CT molecular complexity index is 121. The van der Waals surface area contributed by atoms with Gasteiger partial charge in [-0.3, -0.25) is 10.0 Å². The normalized spacial score (nSPS) is 8.38. The monoisotopic (exact) mass is 135 g/mol. The molecule has 0 aromatic carbocycles. The summed E-state index contributed by atoms with van der Waals surface area (Å²) in [4.78, 5) is 10.3. The molecule has 1 N–H and O–H groups in total. The predicted octanol–water partition coefficient (Wildman–Crippen LogP) is 0.587. The molecule has 0 aliphatic rings. The van der Waals surface area contributed by atoms with Crippen LogP contribution in [0.1, 0.15) is 0 Å². The minimum Gasteiger partial charge on any atom is -0.286 e. The fraction of sp³-hybridized carbons (Fsp3) is 0.250. The van der Waals surface area contributed by atoms with Crippen molar-refractivity contribution in [2.45, 2.75) is 0 Å². The van der Waals surface area contributed by atoms with Crippen LogP contribution < -0.4 is 0 Å². The number of rotatable bonds is 1. The minimum atomic E-state index is -0.688. The summed E-state index contributed by atoms with van der Waals surface area (Å²) in [6.07, 6.45) is 0. The summed E-state index contributed by atoms with van der Waals surface area (Å²) in [6.45, 7) is 3.09. The predicted molar refractivity (Wildman–Crippen MR) is 29.5 cm³/mol. The zero-order valence-corrected chi connectivity index (χ0v) is 5.14. The van der Waals surface area contributed by atoms with E-state index in [2.05, 4.69) is 6.58 Å². The van der Waals surface area contributed by atoms with Gasteiger partial charge in [0.05, 0.1) is 0 Å². The Morgan fingerprint density at radius 3 is 2.25 bits per heavy atom. The zero-order chi connectivity index (χ0) is 6.73. The number of hydrogen-bond donors (Lipinski definition) is 1. The molecule has 46 valence electrons. The average Bonchev–Trinajstić information content (AvgIpc) is 1.64. The van der Waals surface area contributed by atoms with Crippen LogP contribution in [0.15, 0.2) is 11.6 Å². The van der Waals surface area contributed by atoms with Gasteiger partial charge >= 0.3 is 0 Å². The highest BCUT2D eigenvalue weighted by Gasteiger charge is 2.05. The second-order valence-corrected chi connectivity index (χ2v) is 1.69. The van der Waals surface area contributed by atoms with Crippen LogP contribution in [0.25, 0.3) is 0 Å². The number of amides is 1. The van der Waals surface area contributed by atoms with Crippen LogP contribution in [0.2, 0.25) is 0 Å². The van der Waals surface area contributed by atoms with Gasteiger partial charge in [0.2, 0.25) is 0 Å². The largest absolute Gasteiger partial charge is 0.287 e. The van der Waals surface area contributed by atoms with Crippen molar-refractivity contribution in [1.29, 1.82) is 0 Å². The van der Waals surface area contributed by atoms with Crippen LogP contribution in [-0.2, 0) is 4.79 Å². The number of hydroxylamine groups is 2. The topological polar surface area (TPSA) is 40.5 Å². The van der Waals surface area contributed by atoms with Crippen LogP contribution >= 0.6 is 11.6 Å². The standard InChI is InChI=1S/C4H6ClNO2/c1-3(5)4(7)6(2)8/h8H,1H2,2H3. The highest BCUT2D eigenvalue weighted by atomic mass is 35.5. The molecule has 3 nitrogen and oxygen atoms in total. The number of carbonyl (C=O) groups is 1. The summed E-state index contributed by atoms with van der Waals surface area (Å²) in [6, 6.07) is 0. The molecular formula is C4H6ClNO2. The van der Waals surface area contributed by atoms with Crippen molar-refractivity contribution in [1.82, 2.24) is 5.06 Å². The Balaban J connectivity index is 3.84. The van der Waals surface area contributed by atoms with E-state index in [1.165, 1.54) is 7.05 Å². The summed E-state index contributed by atoms with van der Waals surface area (Å²) in [5.41, 5.74) is 0. The van der Waals surface area contributed by atoms with Crippen LogP contribution in [0.5, 0.6) is 0 Å². The summed E-state index contributed by atoms with van der Waals surface area (Å²) in [5.74, 6) is -0.688. The zero-order valence-electron chi connectivity index (χ0n) is 4.39. The quantitative estimate of drug-likeness (QED) is 0.325. The van der Waals surface area contributed by atoms with E-state index in [9.17, 15) is 4.79 Å². The molecule has 0 bridgehead atoms. The molecular weight excluding hydrogens is 130 g/mol. The van der Waals surface area contributed by atoms with Gasteiger partial charge in [0, 0.05) is 7.05 Å². The van der Waals surface area contributed by atoms with E-state index in [1.54, 1.807) is 0 Å². The summed E-state index contributed by atoms with van der Waals surface area (Å²) in [7, 11) is 1.18. The molecule has 0 saturated heterocycles. The average molecular weight is 136 g/mol. The minimum absolute atomic E-state index is 0.199. The third-order valence-electron chi connectivity index (χ3n) is 0.526. The molecule has 0 atom stereocenters. The Kier molecular flexibility index (Phi) is 2.51. The van der Waals surface area contributed by atoms with E-state index in [4.69, 9.17) is 16.8 Å². The maximum absolute atomic E-state index is 10.3. The van der Waals surface area contributed by atoms with Gasteiger partial charge in [-0.2, -0.15) is 0 Å². The highest BCUT2D eigenvalue weighted by molar-refractivity contribution is 6.41. The van der Waals surface area contributed by atoms with Gasteiger partial charge in [-0.1, -0.05) is 18.2 Å². The van der Waals surface area contributed by atoms with Crippen molar-refractivity contribution < 1.29 is 10.0 Å². The van der Waals surface area contributed by atoms with Crippen LogP contribution in [0.4, 0.5) is 0 Å². The van der Waals surface area contributed by atoms with Crippen molar-refractivity contribution in [2.24, 2.45) is 0 Å². The van der Waals surface area contributed by atoms with E-state index in [0.717, 1.165) is 0 Å². The van der Waals surface area contributed by atoms with E-state index in [0.29, 0.717) is 5.06 Å². The van der Waals surface area contributed by atoms with E-state index in [1.807, 2.05) is 0 Å². The first kappa shape index (κ1) is 7.46. The molecule has 4 heteroatoms. The van der Waals surface area contributed by atoms with E-state index >= 15 is 0 Å². The third-order valence-corrected chi connectivity index (χ3v) is 0.688. The van der Waals surface area contributed by atoms with Gasteiger partial charge in [-0.25, -0.2) is 5.06 Å². The summed E-state index contributed by atoms with van der Waals surface area (Å²) < 4.78 is 0. The molecule has 0 aromatic heterocycles. The van der Waals surface area contributed by atoms with Crippen LogP contribution in [-0.4, -0.2) is 23.2 Å². The van der Waals surface area contributed by atoms with E-state index in [-0.39, 0.29) is 5.03 Å². The van der Waals surface area contributed by atoms with Crippen molar-refractivity contribution in [2.75, 3.05) is 7.05 Å². The van der Waals surface area contributed by atoms with Crippen molar-refractivity contribution >= 4 is 17.5 Å². The lowest BCUT2D eigenvalue weighted by Crippen LogP contribution is -2.21. The molecule has 0 radical (unpaired) electrons. The Labute approximate surface area is 52.1 Å². The number of nitrogens with zero attached hydrogens (tertiary/aromatic N) is 1. The van der Waals surface area contributed by atoms with Crippen molar-refractivity contribution in [3.63, 3.8) is 0 Å². The van der Waals surface area contributed by atoms with Gasteiger partial charge in [0.25, 0.3) is 5.91 Å². The SMILES string of the molecule is C=C(Cl)C(=O)N(C)O. The van der Waals surface area contributed by atoms with Gasteiger partial charge in [-0.05, 0) is 0 Å². The molecule has 0 unspecified atom stereocenters. The second kappa shape index (κ2) is 2.69. The Hall–Kier alpha value is -0.540. The highest BCUT2D eigenvalue weighted by Crippen LogP contribution is 1.98. The number of likely N-dealkylation sites (N-methyl/N-ethyl adjacent to an activating group) is 1. The molecule has 0 fully saturated rings. The number of carbonyl (C=O) groups excluding carboxylic acids is 1. The number of halogens is 1. The molecule has 0 aromatic rings. The van der Waals surface area contributed by atoms with Gasteiger partial charge in [0.1, 0.15) is 5.03 Å². The fourth-order valence-electron chi connectivity index (χ4n) is 0.176. The fourth-order valence-corrected chi connectivity index (χ4v) is 0.298. The lowest BCUT2D eigenvalue weighted by atomic mass is 10.6. The van der Waals surface area contributed by atoms with Gasteiger partial charge < -0.3 is 0 Å². The molecule has 0 spiro atoms. The summed E-state index contributed by atoms with van der Waals surface area (Å²) >= 11 is 5.08. The maximum atomic E-state index is 10.3. The Morgan fingerprint density at radius 2 is 2.25 bits per heavy atom. The Morgan fingerprint density at radius 1 is 1.88 bits per heavy atom. The maximum Gasteiger partial charge on any atom is 0.287 e. The van der Waals surface area contributed by atoms with Crippen LogP contribution in [0, 0.1) is 0 Å². The first-order valence-corrected chi connectivity index (χ1v) is 2.25. The molecule has 8 heavy (non-hydrogen) atoms. The number of hydrogen-bond acceptors (Lipinski definition) is 2. The molecule has 0 heterocycles. The smallest absolute Gasteiger partial charge is 0.286 e. The van der Waals surface area contributed by atoms with Crippen molar-refractivity contribution in [3.05, 3.63) is 11.6 Å². The first-order chi connectivity index (χ1) is 3.55. The third kappa shape index (κ3) is 1.95. The van der Waals surface area contributed by atoms with Gasteiger partial charge in [-0.15, -0.1) is 0 Å². The van der Waals surface area contributed by atoms with Crippen LogP contribution in [0.3, 0.4) is 0 Å². The lowest BCUT2D eigenvalue weighted by Gasteiger charge is -2.04. The molecule has 0 aliphatic heterocycles. The van der Waals surface area contributed by atoms with E-state index < -0.39 is 5.91 Å². The molecule has 1 amide bonds. The van der Waals surface area contributed by atoms with Gasteiger partial charge in [0.15, 0.2) is 0 Å². The molecule has 0 saturated carbocycles. The lowest BCUT2D eigenvalue weighted by molar-refractivity contribution is -0.153.